The van der Waals surface area contributed by atoms with Crippen molar-refractivity contribution in [1.29, 1.82) is 0 Å². The molecule has 0 aromatic heterocycles. The van der Waals surface area contributed by atoms with Crippen LogP contribution in [-0.4, -0.2) is 50.9 Å². The SMILES string of the molecule is C=C(C)C(=O)OCCOc1ccc(/C=C/c2ccc(-c3ccc(OCCCCOC(=O)C(=C)CC(=O)OCCC)cc3)cc2)cc1. The molecule has 0 heterocycles. The first-order chi connectivity index (χ1) is 22.2. The molecule has 0 atom stereocenters. The fourth-order valence-electron chi connectivity index (χ4n) is 3.99. The number of esters is 3. The van der Waals surface area contributed by atoms with Crippen LogP contribution in [0, 0.1) is 0 Å². The molecule has 3 rings (SSSR count). The lowest BCUT2D eigenvalue weighted by atomic mass is 10.0. The number of carbonyl (C=O) groups is 3. The second-order valence-electron chi connectivity index (χ2n) is 10.5. The van der Waals surface area contributed by atoms with Gasteiger partial charge in [0.05, 0.1) is 26.2 Å². The Morgan fingerprint density at radius 2 is 1.11 bits per heavy atom. The minimum Gasteiger partial charge on any atom is -0.494 e. The summed E-state index contributed by atoms with van der Waals surface area (Å²) in [6, 6.07) is 23.9. The Morgan fingerprint density at radius 1 is 0.609 bits per heavy atom. The Labute approximate surface area is 271 Å². The third kappa shape index (κ3) is 12.9. The van der Waals surface area contributed by atoms with E-state index in [1.807, 2.05) is 61.5 Å². The van der Waals surface area contributed by atoms with E-state index in [1.165, 1.54) is 0 Å². The van der Waals surface area contributed by atoms with Gasteiger partial charge >= 0.3 is 17.9 Å². The van der Waals surface area contributed by atoms with Crippen molar-refractivity contribution in [2.24, 2.45) is 0 Å². The van der Waals surface area contributed by atoms with Crippen molar-refractivity contribution in [3.63, 3.8) is 0 Å². The molecule has 0 amide bonds. The topological polar surface area (TPSA) is 97.4 Å². The van der Waals surface area contributed by atoms with Gasteiger partial charge in [-0.05, 0) is 72.7 Å². The first-order valence-corrected chi connectivity index (χ1v) is 15.3. The van der Waals surface area contributed by atoms with E-state index in [0.717, 1.165) is 34.4 Å². The summed E-state index contributed by atoms with van der Waals surface area (Å²) in [5.74, 6) is -0.00349. The molecule has 0 aliphatic carbocycles. The zero-order valence-electron chi connectivity index (χ0n) is 26.6. The van der Waals surface area contributed by atoms with Crippen LogP contribution in [0.5, 0.6) is 11.5 Å². The van der Waals surface area contributed by atoms with Crippen LogP contribution in [0.1, 0.15) is 50.7 Å². The van der Waals surface area contributed by atoms with Gasteiger partial charge in [0.25, 0.3) is 0 Å². The third-order valence-electron chi connectivity index (χ3n) is 6.53. The van der Waals surface area contributed by atoms with Crippen molar-refractivity contribution in [2.45, 2.75) is 39.5 Å². The predicted octanol–water partition coefficient (Wildman–Crippen LogP) is 7.62. The summed E-state index contributed by atoms with van der Waals surface area (Å²) in [4.78, 5) is 34.9. The normalized spacial score (nSPS) is 10.7. The molecule has 0 saturated carbocycles. The van der Waals surface area contributed by atoms with Crippen molar-refractivity contribution in [2.75, 3.05) is 33.0 Å². The van der Waals surface area contributed by atoms with Gasteiger partial charge in [-0.1, -0.05) is 80.8 Å². The molecule has 0 radical (unpaired) electrons. The molecule has 8 nitrogen and oxygen atoms in total. The van der Waals surface area contributed by atoms with E-state index in [4.69, 9.17) is 23.7 Å². The van der Waals surface area contributed by atoms with Crippen molar-refractivity contribution in [3.8, 4) is 22.6 Å². The molecule has 0 aliphatic heterocycles. The van der Waals surface area contributed by atoms with E-state index < -0.39 is 17.9 Å². The highest BCUT2D eigenvalue weighted by atomic mass is 16.6. The monoisotopic (exact) mass is 626 g/mol. The third-order valence-corrected chi connectivity index (χ3v) is 6.53. The van der Waals surface area contributed by atoms with Gasteiger partial charge in [0.2, 0.25) is 0 Å². The molecular formula is C38H42O8. The Hall–Kier alpha value is -5.11. The number of rotatable bonds is 19. The van der Waals surface area contributed by atoms with Gasteiger partial charge in [-0.2, -0.15) is 0 Å². The Bertz CT molecular complexity index is 1470. The fourth-order valence-corrected chi connectivity index (χ4v) is 3.99. The Balaban J connectivity index is 1.35. The number of hydrogen-bond donors (Lipinski definition) is 0. The molecule has 0 N–H and O–H groups in total. The number of carbonyl (C=O) groups excluding carboxylic acids is 3. The lowest BCUT2D eigenvalue weighted by molar-refractivity contribution is -0.146. The molecular weight excluding hydrogens is 584 g/mol. The molecule has 3 aromatic carbocycles. The molecule has 46 heavy (non-hydrogen) atoms. The number of ether oxygens (including phenoxy) is 5. The molecule has 0 spiro atoms. The summed E-state index contributed by atoms with van der Waals surface area (Å²) in [7, 11) is 0. The summed E-state index contributed by atoms with van der Waals surface area (Å²) in [5.41, 5.74) is 4.75. The fraction of sp³-hybridized carbons (Fsp3) is 0.289. The molecule has 242 valence electrons. The molecule has 0 saturated heterocycles. The van der Waals surface area contributed by atoms with E-state index in [2.05, 4.69) is 43.5 Å². The predicted molar refractivity (Wildman–Crippen MR) is 179 cm³/mol. The van der Waals surface area contributed by atoms with Gasteiger partial charge in [-0.3, -0.25) is 4.79 Å². The van der Waals surface area contributed by atoms with E-state index >= 15 is 0 Å². The van der Waals surface area contributed by atoms with Gasteiger partial charge in [0, 0.05) is 11.1 Å². The van der Waals surface area contributed by atoms with Crippen molar-refractivity contribution in [3.05, 3.63) is 108 Å². The van der Waals surface area contributed by atoms with E-state index in [0.29, 0.717) is 37.4 Å². The van der Waals surface area contributed by atoms with Gasteiger partial charge in [0.15, 0.2) is 0 Å². The molecule has 0 unspecified atom stereocenters. The van der Waals surface area contributed by atoms with Gasteiger partial charge < -0.3 is 23.7 Å². The van der Waals surface area contributed by atoms with Crippen LogP contribution in [0.25, 0.3) is 23.3 Å². The smallest absolute Gasteiger partial charge is 0.333 e. The highest BCUT2D eigenvalue weighted by Crippen LogP contribution is 2.24. The maximum Gasteiger partial charge on any atom is 0.333 e. The molecule has 0 bridgehead atoms. The summed E-state index contributed by atoms with van der Waals surface area (Å²) in [5, 5.41) is 0. The zero-order chi connectivity index (χ0) is 33.1. The van der Waals surface area contributed by atoms with E-state index in [1.54, 1.807) is 6.92 Å². The second-order valence-corrected chi connectivity index (χ2v) is 10.5. The molecule has 8 heteroatoms. The van der Waals surface area contributed by atoms with Crippen LogP contribution in [-0.2, 0) is 28.6 Å². The van der Waals surface area contributed by atoms with Crippen LogP contribution >= 0.6 is 0 Å². The average Bonchev–Trinajstić information content (AvgIpc) is 3.07. The summed E-state index contributed by atoms with van der Waals surface area (Å²) in [6.07, 6.45) is 5.99. The van der Waals surface area contributed by atoms with Crippen LogP contribution in [0.2, 0.25) is 0 Å². The average molecular weight is 627 g/mol. The lowest BCUT2D eigenvalue weighted by Gasteiger charge is -2.09. The standard InChI is InChI=1S/C38H42O8/c1-5-22-44-36(39)27-29(4)38(41)45-24-7-6-23-42-35-20-16-33(17-21-35)32-14-10-30(11-15-32)8-9-31-12-18-34(19-13-31)43-25-26-46-37(40)28(2)3/h8-21H,2,4-7,22-27H2,1,3H3/b9-8+. The highest BCUT2D eigenvalue weighted by Gasteiger charge is 2.14. The van der Waals surface area contributed by atoms with Crippen LogP contribution < -0.4 is 9.47 Å². The van der Waals surface area contributed by atoms with Gasteiger partial charge in [0.1, 0.15) is 24.7 Å². The first-order valence-electron chi connectivity index (χ1n) is 15.3. The second kappa shape index (κ2) is 19.3. The van der Waals surface area contributed by atoms with Gasteiger partial charge in [-0.15, -0.1) is 0 Å². The van der Waals surface area contributed by atoms with Crippen molar-refractivity contribution < 1.29 is 38.1 Å². The summed E-state index contributed by atoms with van der Waals surface area (Å²) >= 11 is 0. The zero-order valence-corrected chi connectivity index (χ0v) is 26.6. The van der Waals surface area contributed by atoms with Crippen LogP contribution in [0.3, 0.4) is 0 Å². The molecule has 0 fully saturated rings. The number of benzene rings is 3. The van der Waals surface area contributed by atoms with Crippen LogP contribution in [0.4, 0.5) is 0 Å². The van der Waals surface area contributed by atoms with Crippen molar-refractivity contribution >= 4 is 30.1 Å². The van der Waals surface area contributed by atoms with Crippen molar-refractivity contribution in [1.82, 2.24) is 0 Å². The first kappa shape index (κ1) is 35.4. The van der Waals surface area contributed by atoms with E-state index in [-0.39, 0.29) is 31.8 Å². The quantitative estimate of drug-likeness (QED) is 0.0441. The minimum absolute atomic E-state index is 0.0934. The highest BCUT2D eigenvalue weighted by molar-refractivity contribution is 5.93. The number of hydrogen-bond acceptors (Lipinski definition) is 8. The van der Waals surface area contributed by atoms with E-state index in [9.17, 15) is 14.4 Å². The number of unbranched alkanes of at least 4 members (excludes halogenated alkanes) is 1. The molecule has 3 aromatic rings. The van der Waals surface area contributed by atoms with Gasteiger partial charge in [-0.25, -0.2) is 9.59 Å². The Kier molecular flexibility index (Phi) is 14.9. The minimum atomic E-state index is -0.579. The summed E-state index contributed by atoms with van der Waals surface area (Å²) in [6.45, 7) is 12.2. The maximum absolute atomic E-state index is 12.0. The summed E-state index contributed by atoms with van der Waals surface area (Å²) < 4.78 is 26.6. The largest absolute Gasteiger partial charge is 0.494 e. The van der Waals surface area contributed by atoms with Crippen LogP contribution in [0.15, 0.2) is 97.1 Å². The maximum atomic E-state index is 12.0. The lowest BCUT2D eigenvalue weighted by Crippen LogP contribution is -2.14. The Morgan fingerprint density at radius 3 is 1.70 bits per heavy atom. The molecule has 0 aliphatic rings.